The topological polar surface area (TPSA) is 22.1 Å². The first kappa shape index (κ1) is 16.0. The molecule has 0 aliphatic rings. The molecular formula is C19H18ClNOS. The van der Waals surface area contributed by atoms with E-state index in [0.29, 0.717) is 0 Å². The van der Waals surface area contributed by atoms with Crippen molar-refractivity contribution in [2.24, 2.45) is 0 Å². The van der Waals surface area contributed by atoms with Gasteiger partial charge < -0.3 is 4.74 Å². The van der Waals surface area contributed by atoms with Crippen LogP contribution < -0.4 is 4.74 Å². The summed E-state index contributed by atoms with van der Waals surface area (Å²) < 4.78 is 6.83. The van der Waals surface area contributed by atoms with Gasteiger partial charge in [0.25, 0.3) is 0 Å². The molecule has 2 aromatic carbocycles. The van der Waals surface area contributed by atoms with E-state index < -0.39 is 0 Å². The number of benzene rings is 2. The highest BCUT2D eigenvalue weighted by molar-refractivity contribution is 7.20. The van der Waals surface area contributed by atoms with Crippen LogP contribution in [0.2, 0.25) is 5.02 Å². The van der Waals surface area contributed by atoms with E-state index in [-0.39, 0.29) is 0 Å². The molecule has 2 nitrogen and oxygen atoms in total. The Bertz CT molecular complexity index is 890. The lowest BCUT2D eigenvalue weighted by molar-refractivity contribution is 0.414. The third-order valence-corrected chi connectivity index (χ3v) is 4.87. The van der Waals surface area contributed by atoms with Crippen molar-refractivity contribution in [1.82, 2.24) is 4.98 Å². The summed E-state index contributed by atoms with van der Waals surface area (Å²) in [6, 6.07) is 9.95. The zero-order chi connectivity index (χ0) is 16.6. The normalized spacial score (nSPS) is 10.8. The second kappa shape index (κ2) is 6.34. The van der Waals surface area contributed by atoms with Crippen LogP contribution in [-0.2, 0) is 0 Å². The zero-order valence-electron chi connectivity index (χ0n) is 13.6. The van der Waals surface area contributed by atoms with E-state index in [4.69, 9.17) is 21.3 Å². The van der Waals surface area contributed by atoms with Gasteiger partial charge in [-0.15, -0.1) is 11.3 Å². The van der Waals surface area contributed by atoms with Gasteiger partial charge in [-0.05, 0) is 56.2 Å². The molecular weight excluding hydrogens is 326 g/mol. The summed E-state index contributed by atoms with van der Waals surface area (Å²) in [7, 11) is 1.71. The van der Waals surface area contributed by atoms with Crippen molar-refractivity contribution < 1.29 is 4.74 Å². The molecule has 0 aliphatic heterocycles. The molecule has 0 fully saturated rings. The van der Waals surface area contributed by atoms with Crippen LogP contribution in [0.3, 0.4) is 0 Å². The summed E-state index contributed by atoms with van der Waals surface area (Å²) in [5, 5.41) is 1.74. The molecule has 1 aromatic heterocycles. The Morgan fingerprint density at radius 3 is 2.52 bits per heavy atom. The zero-order valence-corrected chi connectivity index (χ0v) is 15.2. The Morgan fingerprint density at radius 1 is 1.22 bits per heavy atom. The molecule has 118 valence electrons. The van der Waals surface area contributed by atoms with Crippen molar-refractivity contribution in [1.29, 1.82) is 0 Å². The quantitative estimate of drug-likeness (QED) is 0.552. The van der Waals surface area contributed by atoms with E-state index in [1.54, 1.807) is 18.4 Å². The lowest BCUT2D eigenvalue weighted by Crippen LogP contribution is -1.92. The van der Waals surface area contributed by atoms with Crippen LogP contribution in [0.1, 0.15) is 24.4 Å². The van der Waals surface area contributed by atoms with Gasteiger partial charge in [-0.1, -0.05) is 29.3 Å². The van der Waals surface area contributed by atoms with Gasteiger partial charge in [0.05, 0.1) is 17.3 Å². The second-order valence-electron chi connectivity index (χ2n) is 5.73. The predicted octanol–water partition coefficient (Wildman–Crippen LogP) is 6.36. The molecule has 0 amide bonds. The van der Waals surface area contributed by atoms with Gasteiger partial charge >= 0.3 is 0 Å². The van der Waals surface area contributed by atoms with E-state index in [9.17, 15) is 0 Å². The van der Waals surface area contributed by atoms with Crippen LogP contribution in [0.5, 0.6) is 5.75 Å². The summed E-state index contributed by atoms with van der Waals surface area (Å²) in [6.45, 7) is 6.22. The number of nitrogens with zero attached hydrogens (tertiary/aromatic N) is 1. The summed E-state index contributed by atoms with van der Waals surface area (Å²) >= 11 is 7.72. The number of rotatable bonds is 3. The van der Waals surface area contributed by atoms with Crippen LogP contribution in [0.25, 0.3) is 27.4 Å². The minimum Gasteiger partial charge on any atom is -0.496 e. The van der Waals surface area contributed by atoms with Gasteiger partial charge in [0, 0.05) is 10.6 Å². The van der Waals surface area contributed by atoms with Crippen molar-refractivity contribution in [3.05, 3.63) is 51.5 Å². The molecule has 3 aromatic rings. The Hall–Kier alpha value is -1.84. The number of ether oxygens (including phenoxy) is 1. The molecule has 3 rings (SSSR count). The third-order valence-electron chi connectivity index (χ3n) is 3.58. The summed E-state index contributed by atoms with van der Waals surface area (Å²) in [5.41, 5.74) is 5.50. The van der Waals surface area contributed by atoms with Gasteiger partial charge in [-0.2, -0.15) is 0 Å². The summed E-state index contributed by atoms with van der Waals surface area (Å²) in [4.78, 5) is 4.75. The molecule has 0 N–H and O–H groups in total. The molecule has 0 saturated carbocycles. The number of hydrogen-bond acceptors (Lipinski definition) is 3. The molecule has 0 radical (unpaired) electrons. The lowest BCUT2D eigenvalue weighted by atomic mass is 10.0. The first-order chi connectivity index (χ1) is 11.0. The minimum atomic E-state index is 0.728. The monoisotopic (exact) mass is 343 g/mol. The SMILES string of the molecule is COc1c(C)cc2nc(C=C(C)C)sc2c1-c1ccc(Cl)cc1. The number of hydrogen-bond donors (Lipinski definition) is 0. The Balaban J connectivity index is 2.33. The molecule has 0 aliphatic carbocycles. The summed E-state index contributed by atoms with van der Waals surface area (Å²) in [5.74, 6) is 0.896. The highest BCUT2D eigenvalue weighted by atomic mass is 35.5. The number of halogens is 1. The van der Waals surface area contributed by atoms with Crippen LogP contribution in [0, 0.1) is 6.92 Å². The van der Waals surface area contributed by atoms with E-state index in [0.717, 1.165) is 42.7 Å². The maximum Gasteiger partial charge on any atom is 0.131 e. The molecule has 0 saturated heterocycles. The van der Waals surface area contributed by atoms with E-state index in [1.165, 1.54) is 5.57 Å². The van der Waals surface area contributed by atoms with Crippen molar-refractivity contribution in [3.63, 3.8) is 0 Å². The Morgan fingerprint density at radius 2 is 1.91 bits per heavy atom. The third kappa shape index (κ3) is 3.12. The van der Waals surface area contributed by atoms with E-state index >= 15 is 0 Å². The van der Waals surface area contributed by atoms with Crippen LogP contribution in [0.4, 0.5) is 0 Å². The average Bonchev–Trinajstić information content (AvgIpc) is 2.87. The average molecular weight is 344 g/mol. The van der Waals surface area contributed by atoms with Gasteiger partial charge in [0.15, 0.2) is 0 Å². The first-order valence-electron chi connectivity index (χ1n) is 7.38. The van der Waals surface area contributed by atoms with Crippen molar-refractivity contribution >= 4 is 39.2 Å². The maximum absolute atomic E-state index is 6.03. The van der Waals surface area contributed by atoms with Crippen molar-refractivity contribution in [2.75, 3.05) is 7.11 Å². The van der Waals surface area contributed by atoms with E-state index in [2.05, 4.69) is 32.9 Å². The number of methoxy groups -OCH3 is 1. The maximum atomic E-state index is 6.03. The van der Waals surface area contributed by atoms with Crippen molar-refractivity contribution in [2.45, 2.75) is 20.8 Å². The van der Waals surface area contributed by atoms with Crippen LogP contribution >= 0.6 is 22.9 Å². The number of thiazole rings is 1. The number of aromatic nitrogens is 1. The predicted molar refractivity (Wildman–Crippen MR) is 101 cm³/mol. The fourth-order valence-electron chi connectivity index (χ4n) is 2.65. The van der Waals surface area contributed by atoms with Gasteiger partial charge in [0.2, 0.25) is 0 Å². The molecule has 23 heavy (non-hydrogen) atoms. The fraction of sp³-hybridized carbons (Fsp3) is 0.211. The Labute approximate surface area is 145 Å². The van der Waals surface area contributed by atoms with Gasteiger partial charge in [-0.25, -0.2) is 4.98 Å². The fourth-order valence-corrected chi connectivity index (χ4v) is 3.94. The van der Waals surface area contributed by atoms with Crippen molar-refractivity contribution in [3.8, 4) is 16.9 Å². The van der Waals surface area contributed by atoms with Gasteiger partial charge in [0.1, 0.15) is 10.8 Å². The van der Waals surface area contributed by atoms with Crippen LogP contribution in [0.15, 0.2) is 35.9 Å². The molecule has 0 spiro atoms. The molecule has 4 heteroatoms. The number of allylic oxidation sites excluding steroid dienone is 1. The summed E-state index contributed by atoms with van der Waals surface area (Å²) in [6.07, 6.45) is 2.11. The Kier molecular flexibility index (Phi) is 4.42. The highest BCUT2D eigenvalue weighted by Gasteiger charge is 2.17. The standard InChI is InChI=1S/C19H18ClNOS/c1-11(2)9-16-21-15-10-12(3)18(22-4)17(19(15)23-16)13-5-7-14(20)8-6-13/h5-10H,1-4H3. The lowest BCUT2D eigenvalue weighted by Gasteiger charge is -2.12. The smallest absolute Gasteiger partial charge is 0.131 e. The first-order valence-corrected chi connectivity index (χ1v) is 8.58. The number of aryl methyl sites for hydroxylation is 1. The molecule has 0 bridgehead atoms. The van der Waals surface area contributed by atoms with Gasteiger partial charge in [-0.3, -0.25) is 0 Å². The molecule has 1 heterocycles. The number of fused-ring (bicyclic) bond motifs is 1. The second-order valence-corrected chi connectivity index (χ2v) is 7.20. The molecule has 0 unspecified atom stereocenters. The van der Waals surface area contributed by atoms with Crippen LogP contribution in [-0.4, -0.2) is 12.1 Å². The van der Waals surface area contributed by atoms with E-state index in [1.807, 2.05) is 24.3 Å². The largest absolute Gasteiger partial charge is 0.496 e. The highest BCUT2D eigenvalue weighted by Crippen LogP contribution is 2.42. The minimum absolute atomic E-state index is 0.728. The molecule has 0 atom stereocenters.